The van der Waals surface area contributed by atoms with Crippen molar-refractivity contribution in [3.63, 3.8) is 0 Å². The third-order valence-electron chi connectivity index (χ3n) is 3.43. The van der Waals surface area contributed by atoms with Crippen LogP contribution in [-0.2, 0) is 7.05 Å². The zero-order valence-electron chi connectivity index (χ0n) is 11.6. The Kier molecular flexibility index (Phi) is 4.22. The highest BCUT2D eigenvalue weighted by atomic mass is 16.5. The summed E-state index contributed by atoms with van der Waals surface area (Å²) < 4.78 is 6.90. The number of aliphatic hydroxyl groups is 1. The summed E-state index contributed by atoms with van der Waals surface area (Å²) in [4.78, 5) is 0. The molecule has 0 spiro atoms. The second-order valence-corrected chi connectivity index (χ2v) is 4.79. The van der Waals surface area contributed by atoms with Crippen LogP contribution in [0.25, 0.3) is 0 Å². The third-order valence-corrected chi connectivity index (χ3v) is 3.43. The van der Waals surface area contributed by atoms with Crippen LogP contribution < -0.4 is 4.74 Å². The molecule has 0 radical (unpaired) electrons. The molecule has 0 aliphatic carbocycles. The molecule has 102 valence electrons. The van der Waals surface area contributed by atoms with Crippen LogP contribution in [0.15, 0.2) is 36.5 Å². The van der Waals surface area contributed by atoms with Gasteiger partial charge in [-0.05, 0) is 17.9 Å². The molecular formula is C15H20N2O2. The van der Waals surface area contributed by atoms with E-state index in [1.54, 1.807) is 18.0 Å². The smallest absolute Gasteiger partial charge is 0.162 e. The minimum atomic E-state index is -0.586. The molecular weight excluding hydrogens is 240 g/mol. The molecule has 0 aliphatic heterocycles. The van der Waals surface area contributed by atoms with E-state index < -0.39 is 6.10 Å². The number of methoxy groups -OCH3 is 1. The topological polar surface area (TPSA) is 47.3 Å². The van der Waals surface area contributed by atoms with Gasteiger partial charge in [0.25, 0.3) is 0 Å². The van der Waals surface area contributed by atoms with Gasteiger partial charge in [-0.2, -0.15) is 5.10 Å². The maximum absolute atomic E-state index is 10.4. The Balaban J connectivity index is 2.13. The fourth-order valence-corrected chi connectivity index (χ4v) is 2.33. The van der Waals surface area contributed by atoms with Gasteiger partial charge in [0.2, 0.25) is 0 Å². The molecule has 2 unspecified atom stereocenters. The van der Waals surface area contributed by atoms with Crippen LogP contribution in [0.2, 0.25) is 0 Å². The van der Waals surface area contributed by atoms with Crippen LogP contribution in [0.3, 0.4) is 0 Å². The van der Waals surface area contributed by atoms with Crippen LogP contribution in [0.4, 0.5) is 0 Å². The number of benzene rings is 1. The number of aryl methyl sites for hydroxylation is 1. The molecule has 0 bridgehead atoms. The molecule has 0 amide bonds. The predicted molar refractivity (Wildman–Crippen MR) is 74.2 cm³/mol. The van der Waals surface area contributed by atoms with E-state index in [1.165, 1.54) is 5.56 Å². The number of ether oxygens (including phenoxy) is 1. The molecule has 0 aliphatic rings. The number of nitrogens with zero attached hydrogens (tertiary/aromatic N) is 2. The Hall–Kier alpha value is -1.81. The molecule has 0 saturated heterocycles. The lowest BCUT2D eigenvalue weighted by atomic mass is 9.94. The lowest BCUT2D eigenvalue weighted by molar-refractivity contribution is 0.146. The maximum Gasteiger partial charge on any atom is 0.162 e. The van der Waals surface area contributed by atoms with E-state index in [9.17, 15) is 5.11 Å². The summed E-state index contributed by atoms with van der Waals surface area (Å²) in [6.45, 7) is 2.11. The quantitative estimate of drug-likeness (QED) is 0.899. The molecule has 2 aromatic rings. The normalized spacial score (nSPS) is 14.1. The first-order valence-corrected chi connectivity index (χ1v) is 6.42. The number of aromatic nitrogens is 2. The summed E-state index contributed by atoms with van der Waals surface area (Å²) in [6, 6.07) is 10.2. The van der Waals surface area contributed by atoms with Gasteiger partial charge in [-0.15, -0.1) is 0 Å². The SMILES string of the molecule is COc1cnn(C)c1C(O)CC(C)c1ccccc1. The standard InChI is InChI=1S/C15H20N2O2/c1-11(12-7-5-4-6-8-12)9-13(18)15-14(19-3)10-16-17(15)2/h4-8,10-11,13,18H,9H2,1-3H3. The van der Waals surface area contributed by atoms with E-state index in [0.717, 1.165) is 5.69 Å². The summed E-state index contributed by atoms with van der Waals surface area (Å²) in [5.74, 6) is 0.908. The Morgan fingerprint density at radius 1 is 1.32 bits per heavy atom. The fourth-order valence-electron chi connectivity index (χ4n) is 2.33. The van der Waals surface area contributed by atoms with Crippen LogP contribution in [0.1, 0.15) is 36.6 Å². The number of hydrogen-bond acceptors (Lipinski definition) is 3. The molecule has 2 atom stereocenters. The van der Waals surface area contributed by atoms with Crippen molar-refractivity contribution in [1.29, 1.82) is 0 Å². The van der Waals surface area contributed by atoms with Crippen LogP contribution in [0.5, 0.6) is 5.75 Å². The highest BCUT2D eigenvalue weighted by Gasteiger charge is 2.21. The van der Waals surface area contributed by atoms with E-state index in [4.69, 9.17) is 4.74 Å². The van der Waals surface area contributed by atoms with E-state index in [2.05, 4.69) is 24.2 Å². The van der Waals surface area contributed by atoms with E-state index in [0.29, 0.717) is 12.2 Å². The second-order valence-electron chi connectivity index (χ2n) is 4.79. The summed E-state index contributed by atoms with van der Waals surface area (Å²) in [7, 11) is 3.40. The number of aliphatic hydroxyl groups excluding tert-OH is 1. The molecule has 0 fully saturated rings. The van der Waals surface area contributed by atoms with Crippen molar-refractivity contribution in [2.45, 2.75) is 25.4 Å². The molecule has 1 aromatic carbocycles. The molecule has 1 aromatic heterocycles. The lowest BCUT2D eigenvalue weighted by Gasteiger charge is -2.18. The number of rotatable bonds is 5. The van der Waals surface area contributed by atoms with E-state index >= 15 is 0 Å². The van der Waals surface area contributed by atoms with Gasteiger partial charge in [0, 0.05) is 7.05 Å². The van der Waals surface area contributed by atoms with Crippen molar-refractivity contribution >= 4 is 0 Å². The van der Waals surface area contributed by atoms with Crippen LogP contribution in [-0.4, -0.2) is 22.0 Å². The van der Waals surface area contributed by atoms with Crippen molar-refractivity contribution in [3.8, 4) is 5.75 Å². The van der Waals surface area contributed by atoms with Crippen molar-refractivity contribution in [2.24, 2.45) is 7.05 Å². The predicted octanol–water partition coefficient (Wildman–Crippen LogP) is 2.66. The average Bonchev–Trinajstić information content (AvgIpc) is 2.80. The van der Waals surface area contributed by atoms with Gasteiger partial charge >= 0.3 is 0 Å². The zero-order chi connectivity index (χ0) is 13.8. The largest absolute Gasteiger partial charge is 0.493 e. The first-order valence-electron chi connectivity index (χ1n) is 6.42. The van der Waals surface area contributed by atoms with E-state index in [1.807, 2.05) is 25.2 Å². The zero-order valence-corrected chi connectivity index (χ0v) is 11.6. The maximum atomic E-state index is 10.4. The van der Waals surface area contributed by atoms with Crippen LogP contribution in [0, 0.1) is 0 Å². The van der Waals surface area contributed by atoms with Crippen molar-refractivity contribution in [2.75, 3.05) is 7.11 Å². The Bertz CT molecular complexity index is 522. The summed E-state index contributed by atoms with van der Waals surface area (Å²) in [6.07, 6.45) is 1.68. The molecule has 1 heterocycles. The van der Waals surface area contributed by atoms with Gasteiger partial charge in [0.1, 0.15) is 5.69 Å². The van der Waals surface area contributed by atoms with E-state index in [-0.39, 0.29) is 5.92 Å². The molecule has 4 heteroatoms. The highest BCUT2D eigenvalue weighted by molar-refractivity contribution is 5.28. The molecule has 0 saturated carbocycles. The van der Waals surface area contributed by atoms with Gasteiger partial charge in [0.15, 0.2) is 5.75 Å². The summed E-state index contributed by atoms with van der Waals surface area (Å²) in [5.41, 5.74) is 1.95. The Morgan fingerprint density at radius 3 is 2.63 bits per heavy atom. The molecule has 4 nitrogen and oxygen atoms in total. The second kappa shape index (κ2) is 5.89. The first kappa shape index (κ1) is 13.6. The van der Waals surface area contributed by atoms with Crippen molar-refractivity contribution in [3.05, 3.63) is 47.8 Å². The summed E-state index contributed by atoms with van der Waals surface area (Å²) >= 11 is 0. The third kappa shape index (κ3) is 2.96. The minimum Gasteiger partial charge on any atom is -0.493 e. The van der Waals surface area contributed by atoms with Gasteiger partial charge in [-0.3, -0.25) is 4.68 Å². The van der Waals surface area contributed by atoms with Gasteiger partial charge in [-0.1, -0.05) is 37.3 Å². The van der Waals surface area contributed by atoms with Gasteiger partial charge in [-0.25, -0.2) is 0 Å². The molecule has 19 heavy (non-hydrogen) atoms. The fraction of sp³-hybridized carbons (Fsp3) is 0.400. The van der Waals surface area contributed by atoms with Crippen molar-refractivity contribution < 1.29 is 9.84 Å². The van der Waals surface area contributed by atoms with Gasteiger partial charge < -0.3 is 9.84 Å². The average molecular weight is 260 g/mol. The van der Waals surface area contributed by atoms with Gasteiger partial charge in [0.05, 0.1) is 19.4 Å². The monoisotopic (exact) mass is 260 g/mol. The molecule has 2 rings (SSSR count). The van der Waals surface area contributed by atoms with Crippen molar-refractivity contribution in [1.82, 2.24) is 9.78 Å². The summed E-state index contributed by atoms with van der Waals surface area (Å²) in [5, 5.41) is 14.5. The minimum absolute atomic E-state index is 0.274. The lowest BCUT2D eigenvalue weighted by Crippen LogP contribution is -2.09. The first-order chi connectivity index (χ1) is 9.13. The number of hydrogen-bond donors (Lipinski definition) is 1. The van der Waals surface area contributed by atoms with Crippen LogP contribution >= 0.6 is 0 Å². The Labute approximate surface area is 113 Å². The highest BCUT2D eigenvalue weighted by Crippen LogP contribution is 2.32. The Morgan fingerprint density at radius 2 is 2.00 bits per heavy atom. The molecule has 1 N–H and O–H groups in total.